The van der Waals surface area contributed by atoms with Gasteiger partial charge in [-0.15, -0.1) is 11.6 Å². The molecule has 1 aromatic heterocycles. The molecule has 3 rings (SSSR count). The van der Waals surface area contributed by atoms with Crippen LogP contribution in [0.25, 0.3) is 0 Å². The lowest BCUT2D eigenvalue weighted by atomic mass is 10.2. The van der Waals surface area contributed by atoms with E-state index in [0.29, 0.717) is 24.7 Å². The van der Waals surface area contributed by atoms with Crippen LogP contribution in [0.15, 0.2) is 11.2 Å². The van der Waals surface area contributed by atoms with E-state index in [1.807, 2.05) is 0 Å². The van der Waals surface area contributed by atoms with E-state index in [-0.39, 0.29) is 10.9 Å². The molecule has 1 unspecified atom stereocenters. The molecular weight excluding hydrogens is 300 g/mol. The van der Waals surface area contributed by atoms with Crippen LogP contribution in [0.5, 0.6) is 0 Å². The molecule has 2 fully saturated rings. The number of likely N-dealkylation sites (tertiary alicyclic amines) is 1. The number of nitrogens with one attached hydrogen (secondary N) is 1. The SMILES string of the molecule is O=S(=O)(c1[nH]ncc1CCl)N1CCC(N2CCCC2)C1. The number of H-pyrrole nitrogens is 1. The topological polar surface area (TPSA) is 69.3 Å². The molecule has 6 nitrogen and oxygen atoms in total. The Kier molecular flexibility index (Phi) is 4.03. The van der Waals surface area contributed by atoms with Crippen LogP contribution in [0, 0.1) is 0 Å². The molecule has 0 spiro atoms. The van der Waals surface area contributed by atoms with E-state index in [2.05, 4.69) is 15.1 Å². The van der Waals surface area contributed by atoms with Crippen molar-refractivity contribution >= 4 is 21.6 Å². The average molecular weight is 319 g/mol. The summed E-state index contributed by atoms with van der Waals surface area (Å²) in [6, 6.07) is 0.356. The van der Waals surface area contributed by atoms with Gasteiger partial charge in [0.2, 0.25) is 0 Å². The minimum Gasteiger partial charge on any atom is -0.299 e. The van der Waals surface area contributed by atoms with Crippen molar-refractivity contribution in [3.8, 4) is 0 Å². The van der Waals surface area contributed by atoms with Crippen LogP contribution in [-0.2, 0) is 15.9 Å². The zero-order valence-corrected chi connectivity index (χ0v) is 12.8. The fourth-order valence-corrected chi connectivity index (χ4v) is 4.96. The Balaban J connectivity index is 1.76. The van der Waals surface area contributed by atoms with Gasteiger partial charge in [0.25, 0.3) is 10.0 Å². The van der Waals surface area contributed by atoms with Gasteiger partial charge in [0.05, 0.1) is 12.1 Å². The monoisotopic (exact) mass is 318 g/mol. The molecule has 112 valence electrons. The quantitative estimate of drug-likeness (QED) is 0.841. The number of nitrogens with zero attached hydrogens (tertiary/aromatic N) is 3. The lowest BCUT2D eigenvalue weighted by molar-refractivity contribution is 0.251. The van der Waals surface area contributed by atoms with Crippen molar-refractivity contribution in [1.82, 2.24) is 19.4 Å². The van der Waals surface area contributed by atoms with Gasteiger partial charge in [0.15, 0.2) is 5.03 Å². The Morgan fingerprint density at radius 3 is 2.80 bits per heavy atom. The highest BCUT2D eigenvalue weighted by molar-refractivity contribution is 7.89. The van der Waals surface area contributed by atoms with Gasteiger partial charge in [0, 0.05) is 24.7 Å². The minimum absolute atomic E-state index is 0.147. The summed E-state index contributed by atoms with van der Waals surface area (Å²) in [4.78, 5) is 2.41. The third kappa shape index (κ3) is 2.47. The van der Waals surface area contributed by atoms with Crippen LogP contribution in [0.2, 0.25) is 0 Å². The number of alkyl halides is 1. The first-order valence-corrected chi connectivity index (χ1v) is 8.93. The van der Waals surface area contributed by atoms with Crippen LogP contribution in [0.4, 0.5) is 0 Å². The van der Waals surface area contributed by atoms with E-state index in [9.17, 15) is 8.42 Å². The van der Waals surface area contributed by atoms with Gasteiger partial charge in [-0.25, -0.2) is 8.42 Å². The van der Waals surface area contributed by atoms with Gasteiger partial charge in [-0.05, 0) is 32.4 Å². The first-order chi connectivity index (χ1) is 9.63. The van der Waals surface area contributed by atoms with Crippen LogP contribution >= 0.6 is 11.6 Å². The summed E-state index contributed by atoms with van der Waals surface area (Å²) in [5.41, 5.74) is 0.538. The molecule has 1 atom stereocenters. The molecule has 8 heteroatoms. The molecule has 0 aliphatic carbocycles. The van der Waals surface area contributed by atoms with Crippen molar-refractivity contribution in [2.24, 2.45) is 0 Å². The number of rotatable bonds is 4. The second-order valence-corrected chi connectivity index (χ2v) is 7.55. The molecule has 2 saturated heterocycles. The zero-order valence-electron chi connectivity index (χ0n) is 11.3. The smallest absolute Gasteiger partial charge is 0.260 e. The maximum Gasteiger partial charge on any atom is 0.260 e. The van der Waals surface area contributed by atoms with E-state index in [1.54, 1.807) is 4.31 Å². The number of sulfonamides is 1. The van der Waals surface area contributed by atoms with Gasteiger partial charge in [-0.3, -0.25) is 10.00 Å². The third-order valence-electron chi connectivity index (χ3n) is 4.20. The van der Waals surface area contributed by atoms with Crippen LogP contribution in [-0.4, -0.2) is 60.0 Å². The molecule has 0 amide bonds. The predicted octanol–water partition coefficient (Wildman–Crippen LogP) is 1.01. The summed E-state index contributed by atoms with van der Waals surface area (Å²) in [7, 11) is -3.50. The van der Waals surface area contributed by atoms with Crippen molar-refractivity contribution in [2.75, 3.05) is 26.2 Å². The van der Waals surface area contributed by atoms with Crippen molar-refractivity contribution in [1.29, 1.82) is 0 Å². The van der Waals surface area contributed by atoms with Gasteiger partial charge in [-0.2, -0.15) is 9.40 Å². The zero-order chi connectivity index (χ0) is 14.2. The fourth-order valence-electron chi connectivity index (χ4n) is 3.08. The maximum absolute atomic E-state index is 12.6. The second kappa shape index (κ2) is 5.63. The van der Waals surface area contributed by atoms with E-state index in [4.69, 9.17) is 11.6 Å². The number of hydrogen-bond donors (Lipinski definition) is 1. The number of hydrogen-bond acceptors (Lipinski definition) is 4. The molecule has 1 N–H and O–H groups in total. The van der Waals surface area contributed by atoms with Gasteiger partial charge in [0.1, 0.15) is 0 Å². The minimum atomic E-state index is -3.50. The number of halogens is 1. The Bertz CT molecular complexity index is 568. The van der Waals surface area contributed by atoms with E-state index < -0.39 is 10.0 Å². The second-order valence-electron chi connectivity index (χ2n) is 5.41. The summed E-state index contributed by atoms with van der Waals surface area (Å²) >= 11 is 5.77. The Morgan fingerprint density at radius 1 is 1.35 bits per heavy atom. The molecule has 0 aromatic carbocycles. The van der Waals surface area contributed by atoms with E-state index in [1.165, 1.54) is 19.0 Å². The Morgan fingerprint density at radius 2 is 2.10 bits per heavy atom. The van der Waals surface area contributed by atoms with Crippen LogP contribution in [0.3, 0.4) is 0 Å². The van der Waals surface area contributed by atoms with Gasteiger partial charge >= 0.3 is 0 Å². The van der Waals surface area contributed by atoms with Crippen molar-refractivity contribution in [2.45, 2.75) is 36.2 Å². The Labute approximate surface area is 124 Å². The normalized spacial score (nSPS) is 25.6. The van der Waals surface area contributed by atoms with E-state index in [0.717, 1.165) is 19.5 Å². The lowest BCUT2D eigenvalue weighted by Gasteiger charge is -2.23. The van der Waals surface area contributed by atoms with Crippen LogP contribution < -0.4 is 0 Å². The molecule has 0 radical (unpaired) electrons. The highest BCUT2D eigenvalue weighted by atomic mass is 35.5. The van der Waals surface area contributed by atoms with Gasteiger partial charge in [-0.1, -0.05) is 0 Å². The molecule has 2 aliphatic rings. The molecular formula is C12H19ClN4O2S. The number of aromatic amines is 1. The van der Waals surface area contributed by atoms with Crippen molar-refractivity contribution in [3.63, 3.8) is 0 Å². The van der Waals surface area contributed by atoms with Crippen molar-refractivity contribution in [3.05, 3.63) is 11.8 Å². The lowest BCUT2D eigenvalue weighted by Crippen LogP contribution is -2.37. The standard InChI is InChI=1S/C12H19ClN4O2S/c13-7-10-8-14-15-12(10)20(18,19)17-6-3-11(9-17)16-4-1-2-5-16/h8,11H,1-7,9H2,(H,14,15). The molecule has 20 heavy (non-hydrogen) atoms. The number of aromatic nitrogens is 2. The molecule has 1 aromatic rings. The first kappa shape index (κ1) is 14.3. The average Bonchev–Trinajstić information content (AvgIpc) is 3.17. The maximum atomic E-state index is 12.6. The Hall–Kier alpha value is -0.630. The van der Waals surface area contributed by atoms with Crippen LogP contribution in [0.1, 0.15) is 24.8 Å². The van der Waals surface area contributed by atoms with Crippen molar-refractivity contribution < 1.29 is 8.42 Å². The largest absolute Gasteiger partial charge is 0.299 e. The summed E-state index contributed by atoms with van der Waals surface area (Å²) in [6.45, 7) is 3.33. The fraction of sp³-hybridized carbons (Fsp3) is 0.750. The van der Waals surface area contributed by atoms with Gasteiger partial charge < -0.3 is 0 Å². The summed E-state index contributed by atoms with van der Waals surface area (Å²) in [6.07, 6.45) is 4.83. The highest BCUT2D eigenvalue weighted by Crippen LogP contribution is 2.26. The molecule has 3 heterocycles. The highest BCUT2D eigenvalue weighted by Gasteiger charge is 2.37. The first-order valence-electron chi connectivity index (χ1n) is 6.95. The third-order valence-corrected chi connectivity index (χ3v) is 6.37. The molecule has 2 aliphatic heterocycles. The summed E-state index contributed by atoms with van der Waals surface area (Å²) < 4.78 is 26.8. The van der Waals surface area contributed by atoms with E-state index >= 15 is 0 Å². The predicted molar refractivity (Wildman–Crippen MR) is 76.1 cm³/mol. The molecule has 0 bridgehead atoms. The summed E-state index contributed by atoms with van der Waals surface area (Å²) in [5, 5.41) is 6.53. The summed E-state index contributed by atoms with van der Waals surface area (Å²) in [5.74, 6) is 0.147. The molecule has 0 saturated carbocycles.